The second kappa shape index (κ2) is 5.80. The Balaban J connectivity index is 2.57. The van der Waals surface area contributed by atoms with Gasteiger partial charge in [-0.05, 0) is 37.2 Å². The van der Waals surface area contributed by atoms with Crippen molar-refractivity contribution in [2.24, 2.45) is 0 Å². The Bertz CT molecular complexity index is 547. The Morgan fingerprint density at radius 1 is 1.05 bits per heavy atom. The Kier molecular flexibility index (Phi) is 4.32. The average Bonchev–Trinajstić information content (AvgIpc) is 2.40. The first kappa shape index (κ1) is 14.2. The van der Waals surface area contributed by atoms with Crippen LogP contribution in [0.3, 0.4) is 0 Å². The summed E-state index contributed by atoms with van der Waals surface area (Å²) < 4.78 is 28.2. The minimum absolute atomic E-state index is 0.309. The molecule has 2 aromatic rings. The summed E-state index contributed by atoms with van der Waals surface area (Å²) in [5, 5.41) is 3.04. The number of rotatable bonds is 3. The van der Waals surface area contributed by atoms with Gasteiger partial charge in [0.1, 0.15) is 0 Å². The fraction of sp³-hybridized carbons (Fsp3) is 0.200. The highest BCUT2D eigenvalue weighted by Crippen LogP contribution is 2.30. The van der Waals surface area contributed by atoms with Gasteiger partial charge in [0, 0.05) is 10.0 Å². The maximum Gasteiger partial charge on any atom is 0.163 e. The highest BCUT2D eigenvalue weighted by Gasteiger charge is 2.20. The molecule has 0 amide bonds. The molecule has 1 unspecified atom stereocenters. The van der Waals surface area contributed by atoms with Crippen LogP contribution in [-0.4, -0.2) is 7.05 Å². The molecule has 0 spiro atoms. The summed E-state index contributed by atoms with van der Waals surface area (Å²) in [4.78, 5) is 0. The molecule has 2 aromatic carbocycles. The van der Waals surface area contributed by atoms with Crippen molar-refractivity contribution in [2.45, 2.75) is 13.0 Å². The van der Waals surface area contributed by atoms with Crippen LogP contribution in [0.2, 0.25) is 0 Å². The number of hydrogen-bond donors (Lipinski definition) is 1. The number of nitrogens with one attached hydrogen (secondary N) is 1. The van der Waals surface area contributed by atoms with Gasteiger partial charge in [-0.1, -0.05) is 40.2 Å². The summed E-state index contributed by atoms with van der Waals surface area (Å²) in [7, 11) is 1.73. The van der Waals surface area contributed by atoms with E-state index >= 15 is 0 Å². The van der Waals surface area contributed by atoms with E-state index in [0.29, 0.717) is 5.56 Å². The van der Waals surface area contributed by atoms with Crippen LogP contribution in [0.4, 0.5) is 8.78 Å². The third-order valence-corrected chi connectivity index (χ3v) is 4.06. The number of hydrogen-bond acceptors (Lipinski definition) is 1. The normalized spacial score (nSPS) is 12.5. The maximum absolute atomic E-state index is 13.9. The lowest BCUT2D eigenvalue weighted by Gasteiger charge is -2.20. The van der Waals surface area contributed by atoms with Gasteiger partial charge in [-0.2, -0.15) is 0 Å². The summed E-state index contributed by atoms with van der Waals surface area (Å²) in [6.07, 6.45) is 0. The molecule has 1 N–H and O–H groups in total. The molecule has 2 rings (SSSR count). The van der Waals surface area contributed by atoms with E-state index in [1.165, 1.54) is 6.07 Å². The Morgan fingerprint density at radius 2 is 1.68 bits per heavy atom. The van der Waals surface area contributed by atoms with E-state index in [-0.39, 0.29) is 6.04 Å². The van der Waals surface area contributed by atoms with Gasteiger partial charge in [-0.3, -0.25) is 0 Å². The lowest BCUT2D eigenvalue weighted by atomic mass is 9.94. The zero-order chi connectivity index (χ0) is 14.0. The van der Waals surface area contributed by atoms with Crippen molar-refractivity contribution in [1.82, 2.24) is 5.32 Å². The summed E-state index contributed by atoms with van der Waals surface area (Å²) in [5.41, 5.74) is 2.23. The molecule has 0 heterocycles. The minimum atomic E-state index is -0.828. The van der Waals surface area contributed by atoms with Crippen LogP contribution >= 0.6 is 15.9 Å². The van der Waals surface area contributed by atoms with E-state index in [1.807, 2.05) is 25.1 Å². The van der Waals surface area contributed by atoms with Gasteiger partial charge in [0.15, 0.2) is 11.6 Å². The standard InChI is InChI=1S/C15H14BrF2N/c1-9-10(5-3-7-12(9)16)15(19-2)11-6-4-8-13(17)14(11)18/h3-8,15,19H,1-2H3. The lowest BCUT2D eigenvalue weighted by Crippen LogP contribution is -2.20. The molecule has 0 radical (unpaired) electrons. The maximum atomic E-state index is 13.9. The summed E-state index contributed by atoms with van der Waals surface area (Å²) in [6, 6.07) is 9.57. The van der Waals surface area contributed by atoms with E-state index in [9.17, 15) is 8.78 Å². The van der Waals surface area contributed by atoms with Gasteiger partial charge in [0.2, 0.25) is 0 Å². The average molecular weight is 326 g/mol. The molecule has 0 aliphatic rings. The minimum Gasteiger partial charge on any atom is -0.309 e. The predicted molar refractivity (Wildman–Crippen MR) is 76.1 cm³/mol. The van der Waals surface area contributed by atoms with Crippen LogP contribution in [0.5, 0.6) is 0 Å². The molecule has 100 valence electrons. The SMILES string of the molecule is CNC(c1cccc(Br)c1C)c1cccc(F)c1F. The van der Waals surface area contributed by atoms with E-state index < -0.39 is 11.6 Å². The zero-order valence-corrected chi connectivity index (χ0v) is 12.3. The molecule has 0 aliphatic carbocycles. The third kappa shape index (κ3) is 2.69. The second-order valence-electron chi connectivity index (χ2n) is 4.32. The van der Waals surface area contributed by atoms with E-state index in [4.69, 9.17) is 0 Å². The molecule has 0 saturated heterocycles. The van der Waals surface area contributed by atoms with Crippen molar-refractivity contribution in [3.63, 3.8) is 0 Å². The zero-order valence-electron chi connectivity index (χ0n) is 10.7. The highest BCUT2D eigenvalue weighted by atomic mass is 79.9. The van der Waals surface area contributed by atoms with E-state index in [2.05, 4.69) is 21.2 Å². The highest BCUT2D eigenvalue weighted by molar-refractivity contribution is 9.10. The smallest absolute Gasteiger partial charge is 0.163 e. The van der Waals surface area contributed by atoms with Crippen LogP contribution < -0.4 is 5.32 Å². The quantitative estimate of drug-likeness (QED) is 0.884. The van der Waals surface area contributed by atoms with Crippen LogP contribution in [0.1, 0.15) is 22.7 Å². The molecule has 0 aromatic heterocycles. The van der Waals surface area contributed by atoms with E-state index in [1.54, 1.807) is 13.1 Å². The number of benzene rings is 2. The van der Waals surface area contributed by atoms with Gasteiger partial charge < -0.3 is 5.32 Å². The van der Waals surface area contributed by atoms with Gasteiger partial charge in [-0.25, -0.2) is 8.78 Å². The topological polar surface area (TPSA) is 12.0 Å². The second-order valence-corrected chi connectivity index (χ2v) is 5.17. The summed E-state index contributed by atoms with van der Waals surface area (Å²) in [6.45, 7) is 1.95. The first-order chi connectivity index (χ1) is 9.06. The molecule has 1 nitrogen and oxygen atoms in total. The first-order valence-electron chi connectivity index (χ1n) is 5.92. The number of halogens is 3. The molecule has 0 bridgehead atoms. The Labute approximate surface area is 119 Å². The molecular formula is C15H14BrF2N. The molecule has 1 atom stereocenters. The third-order valence-electron chi connectivity index (χ3n) is 3.20. The monoisotopic (exact) mass is 325 g/mol. The summed E-state index contributed by atoms with van der Waals surface area (Å²) in [5.74, 6) is -1.63. The van der Waals surface area contributed by atoms with Crippen molar-refractivity contribution in [3.8, 4) is 0 Å². The molecular weight excluding hydrogens is 312 g/mol. The molecule has 0 aliphatic heterocycles. The fourth-order valence-electron chi connectivity index (χ4n) is 2.16. The fourth-order valence-corrected chi connectivity index (χ4v) is 2.54. The van der Waals surface area contributed by atoms with Gasteiger partial charge in [0.05, 0.1) is 6.04 Å². The van der Waals surface area contributed by atoms with Crippen molar-refractivity contribution in [2.75, 3.05) is 7.05 Å². The van der Waals surface area contributed by atoms with Gasteiger partial charge in [0.25, 0.3) is 0 Å². The largest absolute Gasteiger partial charge is 0.309 e. The van der Waals surface area contributed by atoms with Crippen molar-refractivity contribution < 1.29 is 8.78 Å². The molecule has 0 saturated carbocycles. The van der Waals surface area contributed by atoms with Crippen LogP contribution in [0, 0.1) is 18.6 Å². The molecule has 4 heteroatoms. The lowest BCUT2D eigenvalue weighted by molar-refractivity contribution is 0.487. The Morgan fingerprint density at radius 3 is 2.37 bits per heavy atom. The van der Waals surface area contributed by atoms with E-state index in [0.717, 1.165) is 21.7 Å². The van der Waals surface area contributed by atoms with Gasteiger partial charge >= 0.3 is 0 Å². The molecule has 19 heavy (non-hydrogen) atoms. The van der Waals surface area contributed by atoms with Crippen molar-refractivity contribution in [3.05, 3.63) is 69.2 Å². The van der Waals surface area contributed by atoms with Gasteiger partial charge in [-0.15, -0.1) is 0 Å². The summed E-state index contributed by atoms with van der Waals surface area (Å²) >= 11 is 3.45. The Hall–Kier alpha value is -1.26. The van der Waals surface area contributed by atoms with Crippen LogP contribution in [-0.2, 0) is 0 Å². The van der Waals surface area contributed by atoms with Crippen LogP contribution in [0.25, 0.3) is 0 Å². The van der Waals surface area contributed by atoms with Crippen molar-refractivity contribution in [1.29, 1.82) is 0 Å². The van der Waals surface area contributed by atoms with Crippen LogP contribution in [0.15, 0.2) is 40.9 Å². The van der Waals surface area contributed by atoms with Crippen molar-refractivity contribution >= 4 is 15.9 Å². The first-order valence-corrected chi connectivity index (χ1v) is 6.71. The predicted octanol–water partition coefficient (Wildman–Crippen LogP) is 4.34. The molecule has 0 fully saturated rings.